The van der Waals surface area contributed by atoms with Crippen molar-refractivity contribution in [3.8, 4) is 5.75 Å². The van der Waals surface area contributed by atoms with Crippen molar-refractivity contribution in [1.29, 1.82) is 0 Å². The molecule has 150 valence electrons. The first kappa shape index (κ1) is 19.3. The van der Waals surface area contributed by atoms with E-state index in [1.54, 1.807) is 42.5 Å². The molecule has 1 fully saturated rings. The standard InChI is InChI=1S/C23H17FN2O4/c1-30-17-11-7-15(8-12-17)21(27)19-20(14-5-9-16(24)10-6-14)26(23(29)22(19)28)18-4-2-3-13-25-18/h2-13,20,27H,1H3/b21-19-. The lowest BCUT2D eigenvalue weighted by atomic mass is 9.95. The van der Waals surface area contributed by atoms with Gasteiger partial charge in [-0.2, -0.15) is 0 Å². The molecule has 2 aromatic carbocycles. The van der Waals surface area contributed by atoms with Gasteiger partial charge >= 0.3 is 5.91 Å². The fraction of sp³-hybridized carbons (Fsp3) is 0.0870. The Bertz CT molecular complexity index is 1130. The van der Waals surface area contributed by atoms with Gasteiger partial charge in [-0.25, -0.2) is 9.37 Å². The lowest BCUT2D eigenvalue weighted by Crippen LogP contribution is -2.30. The van der Waals surface area contributed by atoms with Crippen LogP contribution in [0.25, 0.3) is 5.76 Å². The van der Waals surface area contributed by atoms with Crippen LogP contribution in [0, 0.1) is 5.82 Å². The maximum absolute atomic E-state index is 13.5. The molecule has 1 aliphatic heterocycles. The molecule has 1 aromatic heterocycles. The van der Waals surface area contributed by atoms with Crippen molar-refractivity contribution in [3.63, 3.8) is 0 Å². The molecule has 1 aliphatic rings. The topological polar surface area (TPSA) is 79.7 Å². The van der Waals surface area contributed by atoms with Crippen molar-refractivity contribution in [1.82, 2.24) is 4.98 Å². The molecular weight excluding hydrogens is 387 g/mol. The highest BCUT2D eigenvalue weighted by Gasteiger charge is 2.47. The third kappa shape index (κ3) is 3.30. The molecule has 1 amide bonds. The van der Waals surface area contributed by atoms with Crippen LogP contribution in [0.1, 0.15) is 17.2 Å². The summed E-state index contributed by atoms with van der Waals surface area (Å²) in [6.45, 7) is 0. The molecule has 4 rings (SSSR count). The van der Waals surface area contributed by atoms with E-state index in [-0.39, 0.29) is 17.2 Å². The van der Waals surface area contributed by atoms with E-state index in [2.05, 4.69) is 4.98 Å². The second kappa shape index (κ2) is 7.79. The molecule has 6 nitrogen and oxygen atoms in total. The Kier molecular flexibility index (Phi) is 5.02. The number of aliphatic hydroxyl groups excluding tert-OH is 1. The second-order valence-electron chi connectivity index (χ2n) is 6.64. The van der Waals surface area contributed by atoms with E-state index in [4.69, 9.17) is 4.74 Å². The van der Waals surface area contributed by atoms with Gasteiger partial charge in [0.2, 0.25) is 0 Å². The number of methoxy groups -OCH3 is 1. The number of hydrogen-bond donors (Lipinski definition) is 1. The third-order valence-electron chi connectivity index (χ3n) is 4.89. The van der Waals surface area contributed by atoms with Gasteiger partial charge in [0.25, 0.3) is 5.78 Å². The average Bonchev–Trinajstić information content (AvgIpc) is 3.05. The number of ether oxygens (including phenoxy) is 1. The van der Waals surface area contributed by atoms with Crippen LogP contribution in [-0.2, 0) is 9.59 Å². The molecule has 1 saturated heterocycles. The molecule has 2 heterocycles. The Labute approximate surface area is 171 Å². The maximum Gasteiger partial charge on any atom is 0.301 e. The van der Waals surface area contributed by atoms with E-state index in [1.165, 1.54) is 42.5 Å². The number of aromatic nitrogens is 1. The van der Waals surface area contributed by atoms with Crippen molar-refractivity contribution in [3.05, 3.63) is 95.4 Å². The van der Waals surface area contributed by atoms with Gasteiger partial charge in [0, 0.05) is 11.8 Å². The highest BCUT2D eigenvalue weighted by molar-refractivity contribution is 6.51. The molecule has 3 aromatic rings. The van der Waals surface area contributed by atoms with Crippen LogP contribution in [0.15, 0.2) is 78.5 Å². The highest BCUT2D eigenvalue weighted by atomic mass is 19.1. The summed E-state index contributed by atoms with van der Waals surface area (Å²) in [4.78, 5) is 31.2. The second-order valence-corrected chi connectivity index (χ2v) is 6.64. The molecule has 1 N–H and O–H groups in total. The first-order valence-electron chi connectivity index (χ1n) is 9.13. The predicted molar refractivity (Wildman–Crippen MR) is 108 cm³/mol. The van der Waals surface area contributed by atoms with Gasteiger partial charge in [0.05, 0.1) is 18.7 Å². The van der Waals surface area contributed by atoms with Gasteiger partial charge in [0.1, 0.15) is 23.1 Å². The molecule has 0 radical (unpaired) electrons. The fourth-order valence-electron chi connectivity index (χ4n) is 3.43. The normalized spacial score (nSPS) is 17.9. The van der Waals surface area contributed by atoms with Crippen molar-refractivity contribution >= 4 is 23.3 Å². The number of Topliss-reactive ketones (excluding diaryl/α,β-unsaturated/α-hetero) is 1. The Balaban J connectivity index is 1.91. The van der Waals surface area contributed by atoms with Gasteiger partial charge in [-0.1, -0.05) is 18.2 Å². The van der Waals surface area contributed by atoms with E-state index in [0.717, 1.165) is 0 Å². The molecule has 7 heteroatoms. The van der Waals surface area contributed by atoms with Crippen molar-refractivity contribution in [2.45, 2.75) is 6.04 Å². The van der Waals surface area contributed by atoms with Gasteiger partial charge in [-0.05, 0) is 54.1 Å². The number of carbonyl (C=O) groups excluding carboxylic acids is 2. The third-order valence-corrected chi connectivity index (χ3v) is 4.89. The van der Waals surface area contributed by atoms with Crippen LogP contribution in [0.2, 0.25) is 0 Å². The van der Waals surface area contributed by atoms with Crippen molar-refractivity contribution in [2.24, 2.45) is 0 Å². The first-order valence-corrected chi connectivity index (χ1v) is 9.13. The summed E-state index contributed by atoms with van der Waals surface area (Å²) in [7, 11) is 1.52. The number of nitrogens with zero attached hydrogens (tertiary/aromatic N) is 2. The molecule has 0 aliphatic carbocycles. The minimum Gasteiger partial charge on any atom is -0.507 e. The number of hydrogen-bond acceptors (Lipinski definition) is 5. The lowest BCUT2D eigenvalue weighted by Gasteiger charge is -2.24. The van der Waals surface area contributed by atoms with Crippen LogP contribution in [0.5, 0.6) is 5.75 Å². The number of anilines is 1. The van der Waals surface area contributed by atoms with E-state index in [0.29, 0.717) is 16.9 Å². The molecule has 0 saturated carbocycles. The van der Waals surface area contributed by atoms with Crippen molar-refractivity contribution in [2.75, 3.05) is 12.0 Å². The van der Waals surface area contributed by atoms with Gasteiger partial charge in [0.15, 0.2) is 0 Å². The van der Waals surface area contributed by atoms with E-state index in [1.807, 2.05) is 0 Å². The Hall–Kier alpha value is -4.00. The van der Waals surface area contributed by atoms with Crippen LogP contribution in [0.3, 0.4) is 0 Å². The summed E-state index contributed by atoms with van der Waals surface area (Å²) < 4.78 is 18.6. The zero-order valence-electron chi connectivity index (χ0n) is 15.9. The zero-order chi connectivity index (χ0) is 21.3. The Morgan fingerprint density at radius 1 is 1.03 bits per heavy atom. The number of amides is 1. The fourth-order valence-corrected chi connectivity index (χ4v) is 3.43. The summed E-state index contributed by atoms with van der Waals surface area (Å²) in [5.74, 6) is -1.62. The largest absolute Gasteiger partial charge is 0.507 e. The van der Waals surface area contributed by atoms with Crippen LogP contribution in [0.4, 0.5) is 10.2 Å². The zero-order valence-corrected chi connectivity index (χ0v) is 15.9. The number of rotatable bonds is 4. The smallest absolute Gasteiger partial charge is 0.301 e. The average molecular weight is 404 g/mol. The lowest BCUT2D eigenvalue weighted by molar-refractivity contribution is -0.132. The summed E-state index contributed by atoms with van der Waals surface area (Å²) >= 11 is 0. The number of carbonyl (C=O) groups is 2. The van der Waals surface area contributed by atoms with Crippen LogP contribution < -0.4 is 9.64 Å². The Morgan fingerprint density at radius 3 is 2.33 bits per heavy atom. The SMILES string of the molecule is COc1ccc(/C(O)=C2/C(=O)C(=O)N(c3ccccn3)C2c2ccc(F)cc2)cc1. The minimum atomic E-state index is -0.956. The van der Waals surface area contributed by atoms with Gasteiger partial charge in [-0.3, -0.25) is 14.5 Å². The molecule has 1 unspecified atom stereocenters. The number of aliphatic hydroxyl groups is 1. The number of pyridine rings is 1. The molecule has 30 heavy (non-hydrogen) atoms. The monoisotopic (exact) mass is 404 g/mol. The summed E-state index contributed by atoms with van der Waals surface area (Å²) in [6, 6.07) is 15.9. The number of benzene rings is 2. The minimum absolute atomic E-state index is 0.0950. The molecular formula is C23H17FN2O4. The van der Waals surface area contributed by atoms with E-state index >= 15 is 0 Å². The molecule has 0 spiro atoms. The van der Waals surface area contributed by atoms with Crippen LogP contribution >= 0.6 is 0 Å². The molecule has 1 atom stereocenters. The van der Waals surface area contributed by atoms with E-state index < -0.39 is 23.5 Å². The van der Waals surface area contributed by atoms with Gasteiger partial charge in [-0.15, -0.1) is 0 Å². The summed E-state index contributed by atoms with van der Waals surface area (Å²) in [5.41, 5.74) is 0.723. The first-order chi connectivity index (χ1) is 14.5. The molecule has 0 bridgehead atoms. The quantitative estimate of drug-likeness (QED) is 0.406. The predicted octanol–water partition coefficient (Wildman–Crippen LogP) is 3.86. The van der Waals surface area contributed by atoms with Crippen LogP contribution in [-0.4, -0.2) is 28.9 Å². The number of halogens is 1. The van der Waals surface area contributed by atoms with Gasteiger partial charge < -0.3 is 9.84 Å². The van der Waals surface area contributed by atoms with Crippen molar-refractivity contribution < 1.29 is 23.8 Å². The Morgan fingerprint density at radius 2 is 1.73 bits per heavy atom. The highest BCUT2D eigenvalue weighted by Crippen LogP contribution is 2.41. The number of ketones is 1. The maximum atomic E-state index is 13.5. The van der Waals surface area contributed by atoms with E-state index in [9.17, 15) is 19.1 Å². The summed E-state index contributed by atoms with van der Waals surface area (Å²) in [5, 5.41) is 11.0. The summed E-state index contributed by atoms with van der Waals surface area (Å²) in [6.07, 6.45) is 1.50.